The van der Waals surface area contributed by atoms with E-state index in [0.29, 0.717) is 17.4 Å². The molecule has 2 heterocycles. The molecule has 24 heavy (non-hydrogen) atoms. The summed E-state index contributed by atoms with van der Waals surface area (Å²) in [4.78, 5) is 23.0. The Morgan fingerprint density at radius 3 is 2.92 bits per heavy atom. The normalized spacial score (nSPS) is 17.6. The van der Waals surface area contributed by atoms with Crippen molar-refractivity contribution in [1.29, 1.82) is 0 Å². The molecule has 1 atom stereocenters. The van der Waals surface area contributed by atoms with E-state index in [1.54, 1.807) is 6.07 Å². The number of aryl methyl sites for hydroxylation is 1. The molecule has 0 spiro atoms. The highest BCUT2D eigenvalue weighted by Gasteiger charge is 2.23. The van der Waals surface area contributed by atoms with Crippen molar-refractivity contribution in [2.24, 2.45) is 5.92 Å². The van der Waals surface area contributed by atoms with Crippen LogP contribution in [0.15, 0.2) is 35.1 Å². The van der Waals surface area contributed by atoms with Crippen molar-refractivity contribution in [3.8, 4) is 0 Å². The van der Waals surface area contributed by atoms with Gasteiger partial charge in [0.15, 0.2) is 0 Å². The molecule has 5 nitrogen and oxygen atoms in total. The standard InChI is InChI=1S/C18H21BrN4O/c1-12-4-3-7-23(10-12)18(24)16-9-17(21-11-20-16)22-15-6-5-14(19)8-13(15)2/h5-6,8-9,11-12H,3-4,7,10H2,1-2H3,(H,20,21,22). The molecule has 1 aliphatic rings. The molecule has 2 aromatic rings. The maximum absolute atomic E-state index is 12.7. The van der Waals surface area contributed by atoms with E-state index < -0.39 is 0 Å². The van der Waals surface area contributed by atoms with Crippen LogP contribution in [-0.2, 0) is 0 Å². The molecule has 0 aliphatic carbocycles. The predicted molar refractivity (Wildman–Crippen MR) is 98.5 cm³/mol. The minimum atomic E-state index is -0.0143. The monoisotopic (exact) mass is 388 g/mol. The van der Waals surface area contributed by atoms with Gasteiger partial charge in [-0.3, -0.25) is 4.79 Å². The molecule has 0 bridgehead atoms. The van der Waals surface area contributed by atoms with Crippen molar-refractivity contribution in [3.05, 3.63) is 46.3 Å². The number of rotatable bonds is 3. The number of carbonyl (C=O) groups excluding carboxylic acids is 1. The molecule has 1 amide bonds. The number of nitrogens with zero attached hydrogens (tertiary/aromatic N) is 3. The second kappa shape index (κ2) is 7.30. The van der Waals surface area contributed by atoms with Crippen LogP contribution in [0.5, 0.6) is 0 Å². The summed E-state index contributed by atoms with van der Waals surface area (Å²) < 4.78 is 1.03. The van der Waals surface area contributed by atoms with E-state index in [4.69, 9.17) is 0 Å². The first-order chi connectivity index (χ1) is 11.5. The fourth-order valence-corrected chi connectivity index (χ4v) is 3.46. The van der Waals surface area contributed by atoms with E-state index in [-0.39, 0.29) is 5.91 Å². The molecule has 1 saturated heterocycles. The Kier molecular flexibility index (Phi) is 5.14. The molecule has 3 rings (SSSR count). The van der Waals surface area contributed by atoms with E-state index in [1.165, 1.54) is 12.7 Å². The molecule has 1 unspecified atom stereocenters. The number of likely N-dealkylation sites (tertiary alicyclic amines) is 1. The van der Waals surface area contributed by atoms with Gasteiger partial charge in [0.25, 0.3) is 5.91 Å². The van der Waals surface area contributed by atoms with Crippen LogP contribution in [0.2, 0.25) is 0 Å². The number of benzene rings is 1. The lowest BCUT2D eigenvalue weighted by Crippen LogP contribution is -2.39. The molecule has 1 N–H and O–H groups in total. The Bertz CT molecular complexity index is 750. The molecule has 1 fully saturated rings. The maximum atomic E-state index is 12.7. The Labute approximate surface area is 150 Å². The summed E-state index contributed by atoms with van der Waals surface area (Å²) >= 11 is 3.46. The van der Waals surface area contributed by atoms with E-state index in [2.05, 4.69) is 38.1 Å². The molecule has 1 aromatic heterocycles. The Balaban J connectivity index is 1.77. The van der Waals surface area contributed by atoms with Crippen molar-refractivity contribution in [2.45, 2.75) is 26.7 Å². The van der Waals surface area contributed by atoms with Crippen LogP contribution in [0.3, 0.4) is 0 Å². The number of nitrogens with one attached hydrogen (secondary N) is 1. The van der Waals surface area contributed by atoms with E-state index in [0.717, 1.165) is 35.2 Å². The Morgan fingerprint density at radius 2 is 2.17 bits per heavy atom. The van der Waals surface area contributed by atoms with Crippen molar-refractivity contribution in [3.63, 3.8) is 0 Å². The topological polar surface area (TPSA) is 58.1 Å². The molecule has 126 valence electrons. The first-order valence-corrected chi connectivity index (χ1v) is 8.97. The summed E-state index contributed by atoms with van der Waals surface area (Å²) in [5.74, 6) is 1.16. The number of carbonyl (C=O) groups is 1. The number of aromatic nitrogens is 2. The molecular weight excluding hydrogens is 368 g/mol. The van der Waals surface area contributed by atoms with Crippen LogP contribution in [0.25, 0.3) is 0 Å². The third-order valence-electron chi connectivity index (χ3n) is 4.28. The quantitative estimate of drug-likeness (QED) is 0.857. The van der Waals surface area contributed by atoms with Crippen molar-refractivity contribution in [1.82, 2.24) is 14.9 Å². The zero-order valence-electron chi connectivity index (χ0n) is 13.9. The van der Waals surface area contributed by atoms with E-state index in [9.17, 15) is 4.79 Å². The lowest BCUT2D eigenvalue weighted by molar-refractivity contribution is 0.0677. The highest BCUT2D eigenvalue weighted by atomic mass is 79.9. The minimum absolute atomic E-state index is 0.0143. The molecular formula is C18H21BrN4O. The maximum Gasteiger partial charge on any atom is 0.272 e. The molecule has 0 saturated carbocycles. The van der Waals surface area contributed by atoms with E-state index in [1.807, 2.05) is 30.0 Å². The molecule has 0 radical (unpaired) electrons. The van der Waals surface area contributed by atoms with Gasteiger partial charge in [0.05, 0.1) is 0 Å². The van der Waals surface area contributed by atoms with Gasteiger partial charge in [0.2, 0.25) is 0 Å². The lowest BCUT2D eigenvalue weighted by atomic mass is 10.00. The third-order valence-corrected chi connectivity index (χ3v) is 4.77. The highest BCUT2D eigenvalue weighted by molar-refractivity contribution is 9.10. The Hall–Kier alpha value is -1.95. The summed E-state index contributed by atoms with van der Waals surface area (Å²) in [6.07, 6.45) is 3.68. The highest BCUT2D eigenvalue weighted by Crippen LogP contribution is 2.23. The first-order valence-electron chi connectivity index (χ1n) is 8.17. The van der Waals surface area contributed by atoms with Gasteiger partial charge < -0.3 is 10.2 Å². The fourth-order valence-electron chi connectivity index (χ4n) is 2.98. The average molecular weight is 389 g/mol. The first kappa shape index (κ1) is 16.9. The second-order valence-electron chi connectivity index (χ2n) is 6.37. The minimum Gasteiger partial charge on any atom is -0.340 e. The number of halogens is 1. The second-order valence-corrected chi connectivity index (χ2v) is 7.29. The fraction of sp³-hybridized carbons (Fsp3) is 0.389. The Morgan fingerprint density at radius 1 is 1.33 bits per heavy atom. The van der Waals surface area contributed by atoms with E-state index >= 15 is 0 Å². The summed E-state index contributed by atoms with van der Waals surface area (Å²) in [7, 11) is 0. The smallest absolute Gasteiger partial charge is 0.272 e. The van der Waals surface area contributed by atoms with Gasteiger partial charge in [-0.05, 0) is 49.4 Å². The van der Waals surface area contributed by atoms with Gasteiger partial charge in [-0.1, -0.05) is 22.9 Å². The zero-order chi connectivity index (χ0) is 17.1. The molecule has 1 aliphatic heterocycles. The number of amides is 1. The SMILES string of the molecule is Cc1cc(Br)ccc1Nc1cc(C(=O)N2CCCC(C)C2)ncn1. The van der Waals surface area contributed by atoms with Crippen molar-refractivity contribution >= 4 is 33.3 Å². The summed E-state index contributed by atoms with van der Waals surface area (Å²) in [6, 6.07) is 7.71. The van der Waals surface area contributed by atoms with Crippen LogP contribution in [0.1, 0.15) is 35.8 Å². The van der Waals surface area contributed by atoms with Gasteiger partial charge >= 0.3 is 0 Å². The summed E-state index contributed by atoms with van der Waals surface area (Å²) in [5.41, 5.74) is 2.50. The third kappa shape index (κ3) is 3.93. The largest absolute Gasteiger partial charge is 0.340 e. The van der Waals surface area contributed by atoms with Gasteiger partial charge in [-0.15, -0.1) is 0 Å². The van der Waals surface area contributed by atoms with Gasteiger partial charge in [0.1, 0.15) is 17.8 Å². The van der Waals surface area contributed by atoms with Crippen LogP contribution >= 0.6 is 15.9 Å². The van der Waals surface area contributed by atoms with Crippen LogP contribution < -0.4 is 5.32 Å². The molecule has 1 aromatic carbocycles. The summed E-state index contributed by atoms with van der Waals surface area (Å²) in [6.45, 7) is 5.82. The van der Waals surface area contributed by atoms with Gasteiger partial charge in [0, 0.05) is 29.3 Å². The number of piperidine rings is 1. The van der Waals surface area contributed by atoms with Crippen molar-refractivity contribution < 1.29 is 4.79 Å². The number of hydrogen-bond donors (Lipinski definition) is 1. The van der Waals surface area contributed by atoms with Crippen LogP contribution in [0, 0.1) is 12.8 Å². The van der Waals surface area contributed by atoms with Crippen molar-refractivity contribution in [2.75, 3.05) is 18.4 Å². The summed E-state index contributed by atoms with van der Waals surface area (Å²) in [5, 5.41) is 3.26. The van der Waals surface area contributed by atoms with Gasteiger partial charge in [-0.2, -0.15) is 0 Å². The predicted octanol–water partition coefficient (Wildman–Crippen LogP) is 4.16. The zero-order valence-corrected chi connectivity index (χ0v) is 15.5. The number of anilines is 2. The average Bonchev–Trinajstić information content (AvgIpc) is 2.57. The van der Waals surface area contributed by atoms with Gasteiger partial charge in [-0.25, -0.2) is 9.97 Å². The van der Waals surface area contributed by atoms with Crippen LogP contribution in [-0.4, -0.2) is 33.9 Å². The lowest BCUT2D eigenvalue weighted by Gasteiger charge is -2.30. The van der Waals surface area contributed by atoms with Crippen LogP contribution in [0.4, 0.5) is 11.5 Å². The molecule has 6 heteroatoms. The number of hydrogen-bond acceptors (Lipinski definition) is 4.